The minimum Gasteiger partial charge on any atom is -0.468 e. The Morgan fingerprint density at radius 1 is 0.967 bits per heavy atom. The smallest absolute Gasteiger partial charge is 0.340 e. The Hall–Kier alpha value is -3.13. The first-order valence-corrected chi connectivity index (χ1v) is 9.56. The van der Waals surface area contributed by atoms with Crippen molar-refractivity contribution in [2.24, 2.45) is 0 Å². The lowest BCUT2D eigenvalue weighted by molar-refractivity contribution is 0.0512. The normalized spacial score (nSPS) is 11.0. The van der Waals surface area contributed by atoms with Crippen LogP contribution in [-0.4, -0.2) is 28.0 Å². The molecule has 0 saturated carbocycles. The van der Waals surface area contributed by atoms with Crippen molar-refractivity contribution >= 4 is 34.1 Å². The average Bonchev–Trinajstić information content (AvgIpc) is 2.76. The fourth-order valence-corrected chi connectivity index (χ4v) is 3.39. The number of ether oxygens (including phenoxy) is 2. The summed E-state index contributed by atoms with van der Waals surface area (Å²) in [4.78, 5) is 30.7. The van der Waals surface area contributed by atoms with E-state index in [4.69, 9.17) is 32.7 Å². The van der Waals surface area contributed by atoms with Gasteiger partial charge in [-0.1, -0.05) is 23.2 Å². The molecule has 0 unspecified atom stereocenters. The Labute approximate surface area is 180 Å². The van der Waals surface area contributed by atoms with Crippen LogP contribution in [0.5, 0.6) is 5.75 Å². The van der Waals surface area contributed by atoms with Crippen molar-refractivity contribution in [3.05, 3.63) is 91.8 Å². The lowest BCUT2D eigenvalue weighted by Crippen LogP contribution is -2.38. The average molecular weight is 444 g/mol. The molecule has 2 aromatic carbocycles. The molecule has 0 amide bonds. The quantitative estimate of drug-likeness (QED) is 0.438. The minimum atomic E-state index is -0.565. The van der Waals surface area contributed by atoms with Gasteiger partial charge in [-0.3, -0.25) is 14.3 Å². The Morgan fingerprint density at radius 2 is 1.80 bits per heavy atom. The monoisotopic (exact) mass is 443 g/mol. The maximum absolute atomic E-state index is 13.4. The topological polar surface area (TPSA) is 75.3 Å². The van der Waals surface area contributed by atoms with E-state index in [2.05, 4.69) is 4.98 Å². The van der Waals surface area contributed by atoms with Gasteiger partial charge in [0.1, 0.15) is 5.75 Å². The van der Waals surface area contributed by atoms with Gasteiger partial charge in [0.05, 0.1) is 38.5 Å². The molecule has 0 aliphatic heterocycles. The van der Waals surface area contributed by atoms with Crippen LogP contribution < -0.4 is 16.0 Å². The van der Waals surface area contributed by atoms with Crippen LogP contribution >= 0.6 is 23.2 Å². The van der Waals surface area contributed by atoms with Crippen molar-refractivity contribution in [1.29, 1.82) is 0 Å². The van der Waals surface area contributed by atoms with E-state index in [9.17, 15) is 9.59 Å². The zero-order chi connectivity index (χ0) is 21.3. The Kier molecular flexibility index (Phi) is 5.59. The Morgan fingerprint density at radius 3 is 2.50 bits per heavy atom. The van der Waals surface area contributed by atoms with Gasteiger partial charge in [-0.05, 0) is 48.5 Å². The summed E-state index contributed by atoms with van der Waals surface area (Å²) >= 11 is 12.2. The van der Waals surface area contributed by atoms with E-state index in [1.807, 2.05) is 0 Å². The molecular formula is C21H15Cl2N3O4. The zero-order valence-electron chi connectivity index (χ0n) is 15.7. The molecule has 0 spiro atoms. The molecular weight excluding hydrogens is 429 g/mol. The molecule has 0 fully saturated rings. The van der Waals surface area contributed by atoms with Gasteiger partial charge < -0.3 is 9.47 Å². The van der Waals surface area contributed by atoms with E-state index in [0.717, 1.165) is 4.57 Å². The first-order chi connectivity index (χ1) is 14.5. The van der Waals surface area contributed by atoms with Gasteiger partial charge >= 0.3 is 5.69 Å². The fraction of sp³-hybridized carbons (Fsp3) is 0.0952. The molecule has 30 heavy (non-hydrogen) atoms. The maximum atomic E-state index is 13.4. The van der Waals surface area contributed by atoms with Gasteiger partial charge in [0.25, 0.3) is 5.56 Å². The number of benzene rings is 2. The van der Waals surface area contributed by atoms with Crippen molar-refractivity contribution in [3.8, 4) is 17.1 Å². The number of aromatic nitrogens is 3. The van der Waals surface area contributed by atoms with Crippen LogP contribution in [0.4, 0.5) is 0 Å². The molecule has 0 aliphatic rings. The molecule has 4 rings (SSSR count). The van der Waals surface area contributed by atoms with Crippen LogP contribution in [0.3, 0.4) is 0 Å². The number of nitrogens with zero attached hydrogens (tertiary/aromatic N) is 3. The van der Waals surface area contributed by atoms with Gasteiger partial charge in [-0.15, -0.1) is 0 Å². The summed E-state index contributed by atoms with van der Waals surface area (Å²) < 4.78 is 12.8. The number of pyridine rings is 1. The van der Waals surface area contributed by atoms with Crippen LogP contribution in [0.25, 0.3) is 22.3 Å². The highest BCUT2D eigenvalue weighted by Crippen LogP contribution is 2.26. The summed E-state index contributed by atoms with van der Waals surface area (Å²) in [5.41, 5.74) is 0.133. The number of halogens is 2. The summed E-state index contributed by atoms with van der Waals surface area (Å²) in [7, 11) is 1.50. The summed E-state index contributed by atoms with van der Waals surface area (Å²) in [6.45, 7) is 0.0226. The summed E-state index contributed by atoms with van der Waals surface area (Å²) in [6.07, 6.45) is 3.00. The maximum Gasteiger partial charge on any atom is 0.340 e. The Bertz CT molecular complexity index is 1350. The van der Waals surface area contributed by atoms with Crippen molar-refractivity contribution in [3.63, 3.8) is 0 Å². The molecule has 152 valence electrons. The zero-order valence-corrected chi connectivity index (χ0v) is 17.2. The molecule has 0 N–H and O–H groups in total. The molecule has 0 radical (unpaired) electrons. The second-order valence-electron chi connectivity index (χ2n) is 6.30. The minimum absolute atomic E-state index is 0.0226. The highest BCUT2D eigenvalue weighted by Gasteiger charge is 2.17. The molecule has 2 heterocycles. The van der Waals surface area contributed by atoms with Gasteiger partial charge in [-0.2, -0.15) is 0 Å². The third kappa shape index (κ3) is 3.59. The van der Waals surface area contributed by atoms with E-state index in [1.54, 1.807) is 54.7 Å². The van der Waals surface area contributed by atoms with E-state index >= 15 is 0 Å². The van der Waals surface area contributed by atoms with Crippen LogP contribution in [-0.2, 0) is 4.74 Å². The highest BCUT2D eigenvalue weighted by molar-refractivity contribution is 6.42. The first kappa shape index (κ1) is 20.2. The van der Waals surface area contributed by atoms with Crippen LogP contribution in [0.15, 0.2) is 70.5 Å². The number of hydrogen-bond acceptors (Lipinski definition) is 5. The Balaban J connectivity index is 2.10. The predicted octanol–water partition coefficient (Wildman–Crippen LogP) is 3.83. The summed E-state index contributed by atoms with van der Waals surface area (Å²) in [6, 6.07) is 13.0. The van der Waals surface area contributed by atoms with Gasteiger partial charge in [0, 0.05) is 13.3 Å². The second-order valence-corrected chi connectivity index (χ2v) is 7.11. The fourth-order valence-electron chi connectivity index (χ4n) is 3.10. The molecule has 0 bridgehead atoms. The van der Waals surface area contributed by atoms with Crippen molar-refractivity contribution < 1.29 is 9.47 Å². The van der Waals surface area contributed by atoms with E-state index in [0.29, 0.717) is 27.7 Å². The van der Waals surface area contributed by atoms with Gasteiger partial charge in [0.15, 0.2) is 6.79 Å². The largest absolute Gasteiger partial charge is 0.468 e. The predicted molar refractivity (Wildman–Crippen MR) is 115 cm³/mol. The lowest BCUT2D eigenvalue weighted by Gasteiger charge is -2.15. The molecule has 7 nitrogen and oxygen atoms in total. The first-order valence-electron chi connectivity index (χ1n) is 8.80. The van der Waals surface area contributed by atoms with Gasteiger partial charge in [0.2, 0.25) is 0 Å². The van der Waals surface area contributed by atoms with Crippen LogP contribution in [0.2, 0.25) is 10.0 Å². The number of rotatable bonds is 5. The summed E-state index contributed by atoms with van der Waals surface area (Å²) in [5, 5.41) is 0.917. The van der Waals surface area contributed by atoms with Crippen LogP contribution in [0.1, 0.15) is 0 Å². The van der Waals surface area contributed by atoms with Crippen molar-refractivity contribution in [1.82, 2.24) is 14.1 Å². The van der Waals surface area contributed by atoms with Crippen molar-refractivity contribution in [2.45, 2.75) is 0 Å². The lowest BCUT2D eigenvalue weighted by atomic mass is 10.2. The SMILES string of the molecule is COCOc1ccc2c(c1)c(=O)n(-c1cccnc1)c(=O)n2-c1ccc(Cl)c(Cl)c1. The van der Waals surface area contributed by atoms with E-state index in [-0.39, 0.29) is 17.2 Å². The van der Waals surface area contributed by atoms with E-state index < -0.39 is 11.2 Å². The molecule has 0 aliphatic carbocycles. The molecule has 0 saturated heterocycles. The molecule has 0 atom stereocenters. The van der Waals surface area contributed by atoms with E-state index in [1.165, 1.54) is 17.9 Å². The molecule has 4 aromatic rings. The second kappa shape index (κ2) is 8.31. The number of hydrogen-bond donors (Lipinski definition) is 0. The number of methoxy groups -OCH3 is 1. The highest BCUT2D eigenvalue weighted by atomic mass is 35.5. The third-order valence-electron chi connectivity index (χ3n) is 4.43. The third-order valence-corrected chi connectivity index (χ3v) is 5.17. The van der Waals surface area contributed by atoms with Gasteiger partial charge in [-0.25, -0.2) is 9.36 Å². The van der Waals surface area contributed by atoms with Crippen molar-refractivity contribution in [2.75, 3.05) is 13.9 Å². The number of fused-ring (bicyclic) bond motifs is 1. The molecule has 2 aromatic heterocycles. The standard InChI is InChI=1S/C21H15Cl2N3O4/c1-29-12-30-15-5-7-19-16(10-15)20(27)26(14-3-2-8-24-11-14)21(28)25(19)13-4-6-17(22)18(23)9-13/h2-11H,12H2,1H3. The van der Waals surface area contributed by atoms with Crippen LogP contribution in [0, 0.1) is 0 Å². The molecule has 9 heteroatoms. The summed E-state index contributed by atoms with van der Waals surface area (Å²) in [5.74, 6) is 0.429.